The molecule has 1 aliphatic rings. The van der Waals surface area contributed by atoms with Gasteiger partial charge in [-0.25, -0.2) is 8.42 Å². The Balaban J connectivity index is 1.57. The molecule has 1 saturated heterocycles. The number of nitrogens with zero attached hydrogens (tertiary/aromatic N) is 1. The number of hydrogen-bond donors (Lipinski definition) is 2. The van der Waals surface area contributed by atoms with E-state index in [1.54, 1.807) is 30.3 Å². The van der Waals surface area contributed by atoms with Gasteiger partial charge in [-0.3, -0.25) is 14.5 Å². The number of carbonyl (C=O) groups is 2. The number of anilines is 1. The molecule has 0 saturated carbocycles. The fraction of sp³-hybridized carbons (Fsp3) is 0.364. The normalized spacial score (nSPS) is 17.0. The second kappa shape index (κ2) is 9.40. The molecule has 0 aliphatic carbocycles. The first kappa shape index (κ1) is 22.0. The molecule has 0 aromatic heterocycles. The van der Waals surface area contributed by atoms with E-state index in [4.69, 9.17) is 5.73 Å². The zero-order valence-electron chi connectivity index (χ0n) is 17.0. The number of rotatable bonds is 8. The monoisotopic (exact) mass is 429 g/mol. The Morgan fingerprint density at radius 3 is 2.60 bits per heavy atom. The van der Waals surface area contributed by atoms with Gasteiger partial charge in [0.25, 0.3) is 0 Å². The zero-order valence-corrected chi connectivity index (χ0v) is 17.8. The van der Waals surface area contributed by atoms with Gasteiger partial charge in [0.15, 0.2) is 9.84 Å². The summed E-state index contributed by atoms with van der Waals surface area (Å²) < 4.78 is 24.8. The summed E-state index contributed by atoms with van der Waals surface area (Å²) in [7, 11) is -3.51. The first-order valence-corrected chi connectivity index (χ1v) is 11.6. The van der Waals surface area contributed by atoms with Crippen LogP contribution < -0.4 is 11.1 Å². The topological polar surface area (TPSA) is 110 Å². The molecule has 0 spiro atoms. The van der Waals surface area contributed by atoms with Crippen molar-refractivity contribution in [3.63, 3.8) is 0 Å². The van der Waals surface area contributed by atoms with E-state index in [1.807, 2.05) is 30.0 Å². The minimum atomic E-state index is -3.51. The van der Waals surface area contributed by atoms with Crippen LogP contribution in [0.5, 0.6) is 0 Å². The van der Waals surface area contributed by atoms with E-state index < -0.39 is 9.84 Å². The number of aryl methyl sites for hydroxylation is 1. The van der Waals surface area contributed by atoms with E-state index in [9.17, 15) is 18.0 Å². The third kappa shape index (κ3) is 5.67. The second-order valence-electron chi connectivity index (χ2n) is 7.66. The molecule has 2 aromatic carbocycles. The van der Waals surface area contributed by atoms with Gasteiger partial charge in [-0.2, -0.15) is 0 Å². The van der Waals surface area contributed by atoms with Gasteiger partial charge in [-0.05, 0) is 56.1 Å². The summed E-state index contributed by atoms with van der Waals surface area (Å²) in [4.78, 5) is 26.1. The highest BCUT2D eigenvalue weighted by molar-refractivity contribution is 7.91. The molecule has 1 fully saturated rings. The predicted octanol–water partition coefficient (Wildman–Crippen LogP) is 2.25. The van der Waals surface area contributed by atoms with Gasteiger partial charge in [-0.1, -0.05) is 29.8 Å². The third-order valence-corrected chi connectivity index (χ3v) is 7.00. The Kier molecular flexibility index (Phi) is 6.89. The van der Waals surface area contributed by atoms with Gasteiger partial charge in [0.2, 0.25) is 11.8 Å². The summed E-state index contributed by atoms with van der Waals surface area (Å²) in [6.07, 6.45) is 1.57. The van der Waals surface area contributed by atoms with Crippen LogP contribution in [0.25, 0.3) is 0 Å². The summed E-state index contributed by atoms with van der Waals surface area (Å²) in [5.74, 6) is -0.930. The molecule has 0 bridgehead atoms. The second-order valence-corrected chi connectivity index (χ2v) is 9.77. The lowest BCUT2D eigenvalue weighted by molar-refractivity contribution is -0.122. The number of likely N-dealkylation sites (tertiary alicyclic amines) is 1. The van der Waals surface area contributed by atoms with Crippen molar-refractivity contribution in [2.75, 3.05) is 17.6 Å². The van der Waals surface area contributed by atoms with Gasteiger partial charge in [-0.15, -0.1) is 0 Å². The first-order chi connectivity index (χ1) is 14.2. The van der Waals surface area contributed by atoms with Gasteiger partial charge in [0.05, 0.1) is 16.7 Å². The number of nitrogens with two attached hydrogens (primary N) is 1. The summed E-state index contributed by atoms with van der Waals surface area (Å²) in [6, 6.07) is 13.7. The van der Waals surface area contributed by atoms with Gasteiger partial charge in [0, 0.05) is 18.7 Å². The number of carbonyl (C=O) groups excluding carboxylic acids is 2. The Morgan fingerprint density at radius 2 is 1.90 bits per heavy atom. The molecule has 8 heteroatoms. The minimum Gasteiger partial charge on any atom is -0.368 e. The molecule has 2 amide bonds. The fourth-order valence-corrected chi connectivity index (χ4v) is 4.87. The molecule has 3 rings (SSSR count). The van der Waals surface area contributed by atoms with E-state index in [0.29, 0.717) is 12.2 Å². The largest absolute Gasteiger partial charge is 0.368 e. The van der Waals surface area contributed by atoms with Crippen molar-refractivity contribution >= 4 is 27.3 Å². The number of primary amides is 1. The van der Waals surface area contributed by atoms with E-state index in [1.165, 1.54) is 0 Å². The maximum absolute atomic E-state index is 12.4. The maximum atomic E-state index is 12.4. The average molecular weight is 430 g/mol. The fourth-order valence-electron chi connectivity index (χ4n) is 3.63. The quantitative estimate of drug-likeness (QED) is 0.669. The number of benzene rings is 2. The Hall–Kier alpha value is -2.71. The molecular weight excluding hydrogens is 402 g/mol. The summed E-state index contributed by atoms with van der Waals surface area (Å²) in [6.45, 7) is 3.26. The van der Waals surface area contributed by atoms with E-state index in [0.717, 1.165) is 30.5 Å². The van der Waals surface area contributed by atoms with E-state index in [2.05, 4.69) is 5.32 Å². The summed E-state index contributed by atoms with van der Waals surface area (Å²) in [5.41, 5.74) is 7.99. The van der Waals surface area contributed by atoms with E-state index in [-0.39, 0.29) is 34.9 Å². The van der Waals surface area contributed by atoms with Crippen LogP contribution >= 0.6 is 0 Å². The van der Waals surface area contributed by atoms with Crippen LogP contribution in [0.3, 0.4) is 0 Å². The molecule has 160 valence electrons. The zero-order chi connectivity index (χ0) is 21.7. The van der Waals surface area contributed by atoms with Crippen LogP contribution in [0.1, 0.15) is 30.4 Å². The highest BCUT2D eigenvalue weighted by Crippen LogP contribution is 2.21. The molecular formula is C22H27N3O4S. The highest BCUT2D eigenvalue weighted by Gasteiger charge is 2.28. The first-order valence-electron chi connectivity index (χ1n) is 9.96. The van der Waals surface area contributed by atoms with Crippen molar-refractivity contribution in [2.24, 2.45) is 5.73 Å². The van der Waals surface area contributed by atoms with Crippen LogP contribution in [-0.2, 0) is 26.0 Å². The van der Waals surface area contributed by atoms with Crippen LogP contribution in [0.2, 0.25) is 0 Å². The lowest BCUT2D eigenvalue weighted by Crippen LogP contribution is -2.39. The maximum Gasteiger partial charge on any atom is 0.234 e. The highest BCUT2D eigenvalue weighted by atomic mass is 32.2. The molecule has 1 unspecified atom stereocenters. The van der Waals surface area contributed by atoms with Gasteiger partial charge in [0.1, 0.15) is 0 Å². The van der Waals surface area contributed by atoms with Crippen molar-refractivity contribution in [2.45, 2.75) is 43.7 Å². The number of amides is 2. The molecule has 0 radical (unpaired) electrons. The number of nitrogens with one attached hydrogen (secondary N) is 1. The van der Waals surface area contributed by atoms with Crippen LogP contribution in [0, 0.1) is 6.92 Å². The number of sulfone groups is 1. The smallest absolute Gasteiger partial charge is 0.234 e. The van der Waals surface area contributed by atoms with Gasteiger partial charge >= 0.3 is 0 Å². The van der Waals surface area contributed by atoms with Crippen LogP contribution in [0.4, 0.5) is 5.69 Å². The van der Waals surface area contributed by atoms with Crippen molar-refractivity contribution in [1.29, 1.82) is 0 Å². The summed E-state index contributed by atoms with van der Waals surface area (Å²) >= 11 is 0. The standard InChI is InChI=1S/C22H27N3O4S/c1-16-7-9-19(10-8-16)30(28,29)13-11-21(26)24-18-5-2-4-17(14-18)15-25-12-3-6-20(25)22(23)27/h2,4-5,7-10,14,20H,3,6,11-13,15H2,1H3,(H2,23,27)(H,24,26). The van der Waals surface area contributed by atoms with Crippen molar-refractivity contribution in [3.05, 3.63) is 59.7 Å². The Bertz CT molecular complexity index is 1020. The van der Waals surface area contributed by atoms with E-state index >= 15 is 0 Å². The molecule has 7 nitrogen and oxygen atoms in total. The lowest BCUT2D eigenvalue weighted by Gasteiger charge is -2.22. The molecule has 30 heavy (non-hydrogen) atoms. The predicted molar refractivity (Wildman–Crippen MR) is 116 cm³/mol. The molecule has 2 aromatic rings. The van der Waals surface area contributed by atoms with Crippen LogP contribution in [0.15, 0.2) is 53.4 Å². The lowest BCUT2D eigenvalue weighted by atomic mass is 10.1. The SMILES string of the molecule is Cc1ccc(S(=O)(=O)CCC(=O)Nc2cccc(CN3CCCC3C(N)=O)c2)cc1. The molecule has 3 N–H and O–H groups in total. The van der Waals surface area contributed by atoms with Crippen molar-refractivity contribution in [3.8, 4) is 0 Å². The van der Waals surface area contributed by atoms with Crippen molar-refractivity contribution in [1.82, 2.24) is 4.90 Å². The van der Waals surface area contributed by atoms with Crippen molar-refractivity contribution < 1.29 is 18.0 Å². The minimum absolute atomic E-state index is 0.129. The third-order valence-electron chi connectivity index (χ3n) is 5.27. The Labute approximate surface area is 177 Å². The molecule has 1 atom stereocenters. The molecule has 1 aliphatic heterocycles. The summed E-state index contributed by atoms with van der Waals surface area (Å²) in [5, 5.41) is 2.76. The average Bonchev–Trinajstić information content (AvgIpc) is 3.15. The number of hydrogen-bond acceptors (Lipinski definition) is 5. The van der Waals surface area contributed by atoms with Crippen LogP contribution in [-0.4, -0.2) is 43.5 Å². The molecule has 1 heterocycles. The van der Waals surface area contributed by atoms with Gasteiger partial charge < -0.3 is 11.1 Å². The Morgan fingerprint density at radius 1 is 1.17 bits per heavy atom.